The summed E-state index contributed by atoms with van der Waals surface area (Å²) in [6.45, 7) is 6.15. The highest BCUT2D eigenvalue weighted by Crippen LogP contribution is 2.17. The van der Waals surface area contributed by atoms with Gasteiger partial charge in [-0.05, 0) is 24.0 Å². The highest BCUT2D eigenvalue weighted by atomic mass is 19.1. The molecule has 0 aliphatic heterocycles. The summed E-state index contributed by atoms with van der Waals surface area (Å²) in [7, 11) is 0. The van der Waals surface area contributed by atoms with Crippen LogP contribution < -0.4 is 0 Å². The molecule has 0 aliphatic rings. The Kier molecular flexibility index (Phi) is 2.79. The van der Waals surface area contributed by atoms with Crippen molar-refractivity contribution in [1.82, 2.24) is 4.98 Å². The molecule has 1 heterocycles. The van der Waals surface area contributed by atoms with Crippen LogP contribution in [0.1, 0.15) is 37.9 Å². The van der Waals surface area contributed by atoms with Crippen molar-refractivity contribution in [3.63, 3.8) is 0 Å². The smallest absolute Gasteiger partial charge is 0.141 e. The van der Waals surface area contributed by atoms with Crippen molar-refractivity contribution in [2.45, 2.75) is 33.1 Å². The zero-order valence-corrected chi connectivity index (χ0v) is 7.76. The second-order valence-electron chi connectivity index (χ2n) is 3.21. The highest BCUT2D eigenvalue weighted by Gasteiger charge is 2.07. The van der Waals surface area contributed by atoms with Gasteiger partial charge in [0.15, 0.2) is 0 Å². The molecule has 0 aliphatic carbocycles. The van der Waals surface area contributed by atoms with Gasteiger partial charge in [-0.2, -0.15) is 0 Å². The molecule has 0 amide bonds. The van der Waals surface area contributed by atoms with Crippen LogP contribution in [-0.2, 0) is 6.42 Å². The van der Waals surface area contributed by atoms with E-state index >= 15 is 0 Å². The van der Waals surface area contributed by atoms with Gasteiger partial charge in [0.25, 0.3) is 0 Å². The molecule has 0 aromatic carbocycles. The second-order valence-corrected chi connectivity index (χ2v) is 3.21. The number of hydrogen-bond donors (Lipinski definition) is 0. The van der Waals surface area contributed by atoms with Gasteiger partial charge in [0.1, 0.15) is 5.82 Å². The summed E-state index contributed by atoms with van der Waals surface area (Å²) >= 11 is 0. The molecule has 0 saturated carbocycles. The van der Waals surface area contributed by atoms with Crippen LogP contribution in [0.4, 0.5) is 4.39 Å². The van der Waals surface area contributed by atoms with Gasteiger partial charge >= 0.3 is 0 Å². The van der Waals surface area contributed by atoms with Crippen LogP contribution in [0, 0.1) is 5.82 Å². The maximum Gasteiger partial charge on any atom is 0.141 e. The molecule has 0 radical (unpaired) electrons. The fourth-order valence-electron chi connectivity index (χ4n) is 1.29. The van der Waals surface area contributed by atoms with E-state index in [9.17, 15) is 4.39 Å². The summed E-state index contributed by atoms with van der Waals surface area (Å²) in [5.74, 6) is 0.136. The van der Waals surface area contributed by atoms with Crippen molar-refractivity contribution in [2.24, 2.45) is 0 Å². The average Bonchev–Trinajstić information content (AvgIpc) is 2.03. The van der Waals surface area contributed by atoms with Gasteiger partial charge in [-0.25, -0.2) is 4.39 Å². The molecule has 12 heavy (non-hydrogen) atoms. The highest BCUT2D eigenvalue weighted by molar-refractivity contribution is 5.22. The Balaban J connectivity index is 3.11. The number of aromatic nitrogens is 1. The SMILES string of the molecule is CCc1cc(F)cnc1C(C)C. The zero-order valence-electron chi connectivity index (χ0n) is 7.76. The van der Waals surface area contributed by atoms with Crippen LogP contribution in [0.3, 0.4) is 0 Å². The van der Waals surface area contributed by atoms with Gasteiger partial charge in [-0.3, -0.25) is 4.98 Å². The van der Waals surface area contributed by atoms with Crippen molar-refractivity contribution >= 4 is 0 Å². The van der Waals surface area contributed by atoms with Crippen molar-refractivity contribution in [3.05, 3.63) is 29.3 Å². The lowest BCUT2D eigenvalue weighted by molar-refractivity contribution is 0.613. The number of rotatable bonds is 2. The summed E-state index contributed by atoms with van der Waals surface area (Å²) in [6, 6.07) is 1.57. The molecule has 0 atom stereocenters. The van der Waals surface area contributed by atoms with Gasteiger partial charge in [0, 0.05) is 5.69 Å². The van der Waals surface area contributed by atoms with Crippen LogP contribution in [-0.4, -0.2) is 4.98 Å². The topological polar surface area (TPSA) is 12.9 Å². The molecule has 1 aromatic rings. The Bertz CT molecular complexity index is 269. The normalized spacial score (nSPS) is 10.8. The van der Waals surface area contributed by atoms with Crippen LogP contribution in [0.2, 0.25) is 0 Å². The molecule has 0 saturated heterocycles. The first-order chi connectivity index (χ1) is 5.65. The predicted molar refractivity (Wildman–Crippen MR) is 47.7 cm³/mol. The third-order valence-electron chi connectivity index (χ3n) is 1.90. The van der Waals surface area contributed by atoms with Crippen molar-refractivity contribution in [1.29, 1.82) is 0 Å². The lowest BCUT2D eigenvalue weighted by atomic mass is 10.0. The first-order valence-corrected chi connectivity index (χ1v) is 4.29. The number of hydrogen-bond acceptors (Lipinski definition) is 1. The van der Waals surface area contributed by atoms with Crippen molar-refractivity contribution < 1.29 is 4.39 Å². The van der Waals surface area contributed by atoms with E-state index < -0.39 is 0 Å². The van der Waals surface area contributed by atoms with E-state index in [4.69, 9.17) is 0 Å². The second kappa shape index (κ2) is 3.65. The molecule has 0 spiro atoms. The molecule has 2 heteroatoms. The lowest BCUT2D eigenvalue weighted by Crippen LogP contribution is -1.99. The third-order valence-corrected chi connectivity index (χ3v) is 1.90. The Hall–Kier alpha value is -0.920. The minimum Gasteiger partial charge on any atom is -0.258 e. The minimum atomic E-state index is -0.240. The van der Waals surface area contributed by atoms with Gasteiger partial charge in [-0.1, -0.05) is 20.8 Å². The fourth-order valence-corrected chi connectivity index (χ4v) is 1.29. The molecule has 0 bridgehead atoms. The summed E-state index contributed by atoms with van der Waals surface area (Å²) < 4.78 is 12.7. The van der Waals surface area contributed by atoms with Crippen LogP contribution >= 0.6 is 0 Å². The van der Waals surface area contributed by atoms with E-state index in [-0.39, 0.29) is 5.82 Å². The summed E-state index contributed by atoms with van der Waals surface area (Å²) in [5.41, 5.74) is 2.03. The van der Waals surface area contributed by atoms with Gasteiger partial charge in [0.05, 0.1) is 6.20 Å². The Labute approximate surface area is 72.6 Å². The molecule has 0 fully saturated rings. The summed E-state index contributed by atoms with van der Waals surface area (Å²) in [6.07, 6.45) is 2.13. The van der Waals surface area contributed by atoms with Crippen LogP contribution in [0.15, 0.2) is 12.3 Å². The third kappa shape index (κ3) is 1.81. The number of aryl methyl sites for hydroxylation is 1. The number of halogens is 1. The Morgan fingerprint density at radius 3 is 2.67 bits per heavy atom. The molecule has 0 N–H and O–H groups in total. The minimum absolute atomic E-state index is 0.240. The number of pyridine rings is 1. The molecular weight excluding hydrogens is 153 g/mol. The molecule has 1 nitrogen and oxygen atoms in total. The van der Waals surface area contributed by atoms with Gasteiger partial charge < -0.3 is 0 Å². The van der Waals surface area contributed by atoms with Crippen molar-refractivity contribution in [3.8, 4) is 0 Å². The first kappa shape index (κ1) is 9.17. The molecule has 1 rings (SSSR count). The zero-order chi connectivity index (χ0) is 9.14. The lowest BCUT2D eigenvalue weighted by Gasteiger charge is -2.09. The molecule has 66 valence electrons. The summed E-state index contributed by atoms with van der Waals surface area (Å²) in [5, 5.41) is 0. The predicted octanol–water partition coefficient (Wildman–Crippen LogP) is 2.91. The fraction of sp³-hybridized carbons (Fsp3) is 0.500. The first-order valence-electron chi connectivity index (χ1n) is 4.29. The maximum atomic E-state index is 12.7. The van der Waals surface area contributed by atoms with E-state index in [1.807, 2.05) is 6.92 Å². The quantitative estimate of drug-likeness (QED) is 0.660. The molecule has 1 aromatic heterocycles. The van der Waals surface area contributed by atoms with E-state index in [1.165, 1.54) is 6.20 Å². The number of nitrogens with zero attached hydrogens (tertiary/aromatic N) is 1. The standard InChI is InChI=1S/C10H14FN/c1-4-8-5-9(11)6-12-10(8)7(2)3/h5-7H,4H2,1-3H3. The van der Waals surface area contributed by atoms with E-state index in [0.717, 1.165) is 17.7 Å². The molecule has 0 unspecified atom stereocenters. The van der Waals surface area contributed by atoms with E-state index in [1.54, 1.807) is 6.07 Å². The van der Waals surface area contributed by atoms with E-state index in [0.29, 0.717) is 5.92 Å². The van der Waals surface area contributed by atoms with Gasteiger partial charge in [-0.15, -0.1) is 0 Å². The largest absolute Gasteiger partial charge is 0.258 e. The Morgan fingerprint density at radius 1 is 1.50 bits per heavy atom. The van der Waals surface area contributed by atoms with Gasteiger partial charge in [0.2, 0.25) is 0 Å². The monoisotopic (exact) mass is 167 g/mol. The maximum absolute atomic E-state index is 12.7. The van der Waals surface area contributed by atoms with Crippen LogP contribution in [0.5, 0.6) is 0 Å². The van der Waals surface area contributed by atoms with E-state index in [2.05, 4.69) is 18.8 Å². The van der Waals surface area contributed by atoms with Crippen molar-refractivity contribution in [2.75, 3.05) is 0 Å². The molecular formula is C10H14FN. The van der Waals surface area contributed by atoms with Crippen LogP contribution in [0.25, 0.3) is 0 Å². The summed E-state index contributed by atoms with van der Waals surface area (Å²) in [4.78, 5) is 4.07. The average molecular weight is 167 g/mol. The Morgan fingerprint density at radius 2 is 2.17 bits per heavy atom.